The van der Waals surface area contributed by atoms with Crippen molar-refractivity contribution < 1.29 is 9.32 Å². The molecule has 2 aromatic carbocycles. The summed E-state index contributed by atoms with van der Waals surface area (Å²) in [5, 5.41) is 7.00. The molecule has 132 valence electrons. The number of nitrogens with zero attached hydrogens (tertiary/aromatic N) is 2. The second-order valence-electron chi connectivity index (χ2n) is 6.01. The molecule has 27 heavy (non-hydrogen) atoms. The van der Waals surface area contributed by atoms with E-state index in [1.165, 1.54) is 0 Å². The lowest BCUT2D eigenvalue weighted by Crippen LogP contribution is -2.29. The Hall–Kier alpha value is -3.73. The summed E-state index contributed by atoms with van der Waals surface area (Å²) in [5.41, 5.74) is 3.20. The van der Waals surface area contributed by atoms with Crippen LogP contribution in [0.3, 0.4) is 0 Å². The zero-order valence-electron chi connectivity index (χ0n) is 14.4. The van der Waals surface area contributed by atoms with Crippen molar-refractivity contribution in [2.75, 3.05) is 0 Å². The van der Waals surface area contributed by atoms with E-state index in [9.17, 15) is 4.79 Å². The fraction of sp³-hybridized carbons (Fsp3) is 0.0455. The van der Waals surface area contributed by atoms with Crippen LogP contribution in [0.15, 0.2) is 95.6 Å². The van der Waals surface area contributed by atoms with Gasteiger partial charge in [-0.25, -0.2) is 0 Å². The molecule has 0 fully saturated rings. The zero-order valence-corrected chi connectivity index (χ0v) is 14.4. The Morgan fingerprint density at radius 2 is 1.59 bits per heavy atom. The highest BCUT2D eigenvalue weighted by Crippen LogP contribution is 2.22. The lowest BCUT2D eigenvalue weighted by atomic mass is 10.0. The van der Waals surface area contributed by atoms with Crippen LogP contribution in [-0.2, 0) is 0 Å². The van der Waals surface area contributed by atoms with Gasteiger partial charge in [-0.3, -0.25) is 9.78 Å². The van der Waals surface area contributed by atoms with Crippen LogP contribution in [0.5, 0.6) is 0 Å². The van der Waals surface area contributed by atoms with Gasteiger partial charge in [0, 0.05) is 17.8 Å². The Bertz CT molecular complexity index is 976. The van der Waals surface area contributed by atoms with Gasteiger partial charge in [-0.05, 0) is 17.7 Å². The number of pyridine rings is 1. The standard InChI is InChI=1S/C22H17N3O2/c26-22(20-15-19(25-27-20)16-9-3-1-4-10-16)24-21(17-11-5-2-6-12-17)18-13-7-8-14-23-18/h1-15,21H,(H,24,26). The SMILES string of the molecule is O=C(NC(c1ccccc1)c1ccccn1)c1cc(-c2ccccc2)no1. The molecule has 0 aliphatic heterocycles. The van der Waals surface area contributed by atoms with Crippen molar-refractivity contribution in [1.82, 2.24) is 15.5 Å². The summed E-state index contributed by atoms with van der Waals surface area (Å²) < 4.78 is 5.27. The number of rotatable bonds is 5. The second-order valence-corrected chi connectivity index (χ2v) is 6.01. The number of aromatic nitrogens is 2. The van der Waals surface area contributed by atoms with E-state index in [1.807, 2.05) is 78.9 Å². The number of hydrogen-bond donors (Lipinski definition) is 1. The first kappa shape index (κ1) is 16.7. The monoisotopic (exact) mass is 355 g/mol. The highest BCUT2D eigenvalue weighted by atomic mass is 16.5. The van der Waals surface area contributed by atoms with E-state index in [0.29, 0.717) is 5.69 Å². The quantitative estimate of drug-likeness (QED) is 0.581. The van der Waals surface area contributed by atoms with E-state index in [-0.39, 0.29) is 17.7 Å². The third-order valence-electron chi connectivity index (χ3n) is 4.20. The Labute approximate surface area is 156 Å². The molecule has 0 aliphatic rings. The van der Waals surface area contributed by atoms with Gasteiger partial charge < -0.3 is 9.84 Å². The van der Waals surface area contributed by atoms with Gasteiger partial charge in [-0.1, -0.05) is 71.9 Å². The molecular formula is C22H17N3O2. The third-order valence-corrected chi connectivity index (χ3v) is 4.20. The average Bonchev–Trinajstić information content (AvgIpc) is 3.24. The van der Waals surface area contributed by atoms with E-state index in [4.69, 9.17) is 4.52 Å². The molecule has 0 saturated heterocycles. The molecule has 2 aromatic heterocycles. The van der Waals surface area contributed by atoms with Gasteiger partial charge in [0.1, 0.15) is 5.69 Å². The molecule has 1 unspecified atom stereocenters. The summed E-state index contributed by atoms with van der Waals surface area (Å²) in [6.07, 6.45) is 1.71. The summed E-state index contributed by atoms with van der Waals surface area (Å²) in [6.45, 7) is 0. The number of benzene rings is 2. The molecular weight excluding hydrogens is 338 g/mol. The first-order valence-corrected chi connectivity index (χ1v) is 8.60. The largest absolute Gasteiger partial charge is 0.350 e. The summed E-state index contributed by atoms with van der Waals surface area (Å²) in [4.78, 5) is 17.2. The maximum absolute atomic E-state index is 12.8. The topological polar surface area (TPSA) is 68.0 Å². The summed E-state index contributed by atoms with van der Waals surface area (Å²) in [6, 6.07) is 26.2. The maximum atomic E-state index is 12.8. The van der Waals surface area contributed by atoms with E-state index in [0.717, 1.165) is 16.8 Å². The Morgan fingerprint density at radius 1 is 0.889 bits per heavy atom. The molecule has 2 heterocycles. The van der Waals surface area contributed by atoms with E-state index in [1.54, 1.807) is 12.3 Å². The normalized spacial score (nSPS) is 11.7. The molecule has 5 heteroatoms. The minimum absolute atomic E-state index is 0.158. The predicted octanol–water partition coefficient (Wildman–Crippen LogP) is 4.26. The zero-order chi connectivity index (χ0) is 18.5. The molecule has 0 radical (unpaired) electrons. The minimum atomic E-state index is -0.384. The van der Waals surface area contributed by atoms with Gasteiger partial charge >= 0.3 is 0 Å². The molecule has 4 rings (SSSR count). The van der Waals surface area contributed by atoms with E-state index >= 15 is 0 Å². The van der Waals surface area contributed by atoms with Crippen LogP contribution >= 0.6 is 0 Å². The van der Waals surface area contributed by atoms with Gasteiger partial charge in [0.05, 0.1) is 11.7 Å². The van der Waals surface area contributed by atoms with Gasteiger partial charge in [0.25, 0.3) is 5.91 Å². The van der Waals surface area contributed by atoms with Crippen LogP contribution in [0, 0.1) is 0 Å². The first-order valence-electron chi connectivity index (χ1n) is 8.60. The molecule has 0 bridgehead atoms. The summed E-state index contributed by atoms with van der Waals surface area (Å²) in [7, 11) is 0. The number of carbonyl (C=O) groups is 1. The molecule has 0 spiro atoms. The van der Waals surface area contributed by atoms with Crippen molar-refractivity contribution in [2.45, 2.75) is 6.04 Å². The molecule has 1 atom stereocenters. The van der Waals surface area contributed by atoms with Crippen molar-refractivity contribution >= 4 is 5.91 Å². The smallest absolute Gasteiger partial charge is 0.290 e. The van der Waals surface area contributed by atoms with Gasteiger partial charge in [-0.15, -0.1) is 0 Å². The highest BCUT2D eigenvalue weighted by molar-refractivity contribution is 5.92. The number of carbonyl (C=O) groups excluding carboxylic acids is 1. The molecule has 4 aromatic rings. The van der Waals surface area contributed by atoms with Crippen LogP contribution in [-0.4, -0.2) is 16.0 Å². The summed E-state index contributed by atoms with van der Waals surface area (Å²) in [5.74, 6) is -0.185. The molecule has 1 N–H and O–H groups in total. The highest BCUT2D eigenvalue weighted by Gasteiger charge is 2.21. The average molecular weight is 355 g/mol. The van der Waals surface area contributed by atoms with E-state index in [2.05, 4.69) is 15.5 Å². The van der Waals surface area contributed by atoms with Crippen molar-refractivity contribution in [2.24, 2.45) is 0 Å². The van der Waals surface area contributed by atoms with Crippen LogP contribution in [0.25, 0.3) is 11.3 Å². The lowest BCUT2D eigenvalue weighted by Gasteiger charge is -2.18. The summed E-state index contributed by atoms with van der Waals surface area (Å²) >= 11 is 0. The van der Waals surface area contributed by atoms with Gasteiger partial charge in [0.15, 0.2) is 0 Å². The third kappa shape index (κ3) is 3.77. The molecule has 1 amide bonds. The van der Waals surface area contributed by atoms with Crippen molar-refractivity contribution in [1.29, 1.82) is 0 Å². The van der Waals surface area contributed by atoms with E-state index < -0.39 is 0 Å². The molecule has 0 aliphatic carbocycles. The Kier molecular flexibility index (Phi) is 4.74. The van der Waals surface area contributed by atoms with Gasteiger partial charge in [0.2, 0.25) is 5.76 Å². The number of nitrogens with one attached hydrogen (secondary N) is 1. The second kappa shape index (κ2) is 7.66. The first-order chi connectivity index (χ1) is 13.3. The van der Waals surface area contributed by atoms with Crippen LogP contribution in [0.2, 0.25) is 0 Å². The lowest BCUT2D eigenvalue weighted by molar-refractivity contribution is 0.0905. The minimum Gasteiger partial charge on any atom is -0.350 e. The van der Waals surface area contributed by atoms with Gasteiger partial charge in [-0.2, -0.15) is 0 Å². The predicted molar refractivity (Wildman–Crippen MR) is 102 cm³/mol. The Morgan fingerprint density at radius 3 is 2.30 bits per heavy atom. The Balaban J connectivity index is 1.60. The van der Waals surface area contributed by atoms with Crippen molar-refractivity contribution in [3.05, 3.63) is 108 Å². The number of hydrogen-bond acceptors (Lipinski definition) is 4. The maximum Gasteiger partial charge on any atom is 0.290 e. The fourth-order valence-corrected chi connectivity index (χ4v) is 2.85. The van der Waals surface area contributed by atoms with Crippen molar-refractivity contribution in [3.63, 3.8) is 0 Å². The fourth-order valence-electron chi connectivity index (χ4n) is 2.85. The van der Waals surface area contributed by atoms with Crippen LogP contribution in [0.1, 0.15) is 27.9 Å². The van der Waals surface area contributed by atoms with Crippen LogP contribution in [0.4, 0.5) is 0 Å². The molecule has 0 saturated carbocycles. The number of amides is 1. The van der Waals surface area contributed by atoms with Crippen molar-refractivity contribution in [3.8, 4) is 11.3 Å². The van der Waals surface area contributed by atoms with Crippen LogP contribution < -0.4 is 5.32 Å². The molecule has 5 nitrogen and oxygen atoms in total.